The maximum absolute atomic E-state index is 12.6. The first-order valence-corrected chi connectivity index (χ1v) is 8.57. The predicted octanol–water partition coefficient (Wildman–Crippen LogP) is 2.44. The molecule has 140 valence electrons. The van der Waals surface area contributed by atoms with Crippen molar-refractivity contribution in [3.63, 3.8) is 0 Å². The summed E-state index contributed by atoms with van der Waals surface area (Å²) in [6.45, 7) is 2.21. The summed E-state index contributed by atoms with van der Waals surface area (Å²) in [5.74, 6) is 0.743. The zero-order valence-corrected chi connectivity index (χ0v) is 15.3. The number of halogens is 1. The summed E-state index contributed by atoms with van der Waals surface area (Å²) in [7, 11) is 0. The molecular formula is C19H24ClN3O3. The van der Waals surface area contributed by atoms with Crippen LogP contribution in [0.4, 0.5) is 0 Å². The monoisotopic (exact) mass is 377 g/mol. The van der Waals surface area contributed by atoms with Crippen LogP contribution in [-0.2, 0) is 6.54 Å². The van der Waals surface area contributed by atoms with E-state index in [1.165, 1.54) is 6.26 Å². The van der Waals surface area contributed by atoms with Gasteiger partial charge in [0.1, 0.15) is 12.0 Å². The fourth-order valence-electron chi connectivity index (χ4n) is 3.13. The molecule has 26 heavy (non-hydrogen) atoms. The number of carbonyl (C=O) groups excluding carboxylic acids is 2. The van der Waals surface area contributed by atoms with E-state index in [2.05, 4.69) is 5.32 Å². The number of amides is 2. The number of rotatable bonds is 5. The summed E-state index contributed by atoms with van der Waals surface area (Å²) in [6, 6.07) is 10.9. The topological polar surface area (TPSA) is 88.6 Å². The van der Waals surface area contributed by atoms with E-state index < -0.39 is 0 Å². The summed E-state index contributed by atoms with van der Waals surface area (Å²) in [5, 5.41) is 2.97. The Morgan fingerprint density at radius 3 is 2.69 bits per heavy atom. The Labute approximate surface area is 159 Å². The van der Waals surface area contributed by atoms with E-state index in [1.807, 2.05) is 23.1 Å². The van der Waals surface area contributed by atoms with Gasteiger partial charge >= 0.3 is 0 Å². The maximum Gasteiger partial charge on any atom is 0.257 e. The van der Waals surface area contributed by atoms with E-state index in [9.17, 15) is 9.59 Å². The summed E-state index contributed by atoms with van der Waals surface area (Å²) < 4.78 is 5.25. The number of hydrogen-bond donors (Lipinski definition) is 2. The van der Waals surface area contributed by atoms with Gasteiger partial charge in [0.25, 0.3) is 11.8 Å². The van der Waals surface area contributed by atoms with Crippen molar-refractivity contribution in [2.45, 2.75) is 19.4 Å². The lowest BCUT2D eigenvalue weighted by molar-refractivity contribution is 0.0670. The van der Waals surface area contributed by atoms with Crippen LogP contribution in [0.2, 0.25) is 0 Å². The highest BCUT2D eigenvalue weighted by molar-refractivity contribution is 5.94. The van der Waals surface area contributed by atoms with Gasteiger partial charge in [-0.3, -0.25) is 9.59 Å². The second kappa shape index (κ2) is 9.40. The largest absolute Gasteiger partial charge is 0.467 e. The molecule has 3 rings (SSSR count). The lowest BCUT2D eigenvalue weighted by Crippen LogP contribution is -2.43. The van der Waals surface area contributed by atoms with Crippen LogP contribution in [0.1, 0.15) is 39.3 Å². The van der Waals surface area contributed by atoms with Gasteiger partial charge in [-0.1, -0.05) is 18.2 Å². The van der Waals surface area contributed by atoms with Crippen molar-refractivity contribution in [3.8, 4) is 0 Å². The first-order chi connectivity index (χ1) is 12.2. The molecule has 0 radical (unpaired) electrons. The van der Waals surface area contributed by atoms with Crippen LogP contribution in [0.15, 0.2) is 47.1 Å². The minimum Gasteiger partial charge on any atom is -0.467 e. The number of likely N-dealkylation sites (tertiary alicyclic amines) is 1. The molecule has 1 aliphatic rings. The van der Waals surface area contributed by atoms with Gasteiger partial charge in [0.15, 0.2) is 0 Å². The molecule has 1 aromatic heterocycles. The minimum absolute atomic E-state index is 0. The molecule has 1 unspecified atom stereocenters. The Bertz CT molecular complexity index is 733. The molecule has 2 amide bonds. The Balaban J connectivity index is 0.00000243. The van der Waals surface area contributed by atoms with E-state index in [0.29, 0.717) is 30.0 Å². The fraction of sp³-hybridized carbons (Fsp3) is 0.368. The zero-order valence-electron chi connectivity index (χ0n) is 14.5. The van der Waals surface area contributed by atoms with Crippen LogP contribution < -0.4 is 11.1 Å². The molecule has 0 saturated carbocycles. The first kappa shape index (κ1) is 20.0. The molecule has 3 N–H and O–H groups in total. The van der Waals surface area contributed by atoms with Crippen LogP contribution in [0.3, 0.4) is 0 Å². The summed E-state index contributed by atoms with van der Waals surface area (Å²) in [6.07, 6.45) is 3.39. The lowest BCUT2D eigenvalue weighted by atomic mass is 9.97. The van der Waals surface area contributed by atoms with Crippen LogP contribution in [-0.4, -0.2) is 36.3 Å². The van der Waals surface area contributed by atoms with Gasteiger partial charge < -0.3 is 20.4 Å². The third-order valence-electron chi connectivity index (χ3n) is 4.50. The Morgan fingerprint density at radius 2 is 2.00 bits per heavy atom. The molecule has 1 aliphatic heterocycles. The first-order valence-electron chi connectivity index (χ1n) is 8.57. The molecule has 1 aromatic carbocycles. The Hall–Kier alpha value is -2.31. The molecule has 1 saturated heterocycles. The number of benzene rings is 1. The predicted molar refractivity (Wildman–Crippen MR) is 101 cm³/mol. The average Bonchev–Trinajstić information content (AvgIpc) is 3.15. The normalized spacial score (nSPS) is 16.7. The molecule has 0 bridgehead atoms. The summed E-state index contributed by atoms with van der Waals surface area (Å²) in [5.41, 5.74) is 6.71. The fourth-order valence-corrected chi connectivity index (χ4v) is 3.13. The van der Waals surface area contributed by atoms with Gasteiger partial charge in [0.05, 0.1) is 12.1 Å². The van der Waals surface area contributed by atoms with Crippen molar-refractivity contribution in [1.82, 2.24) is 10.2 Å². The summed E-state index contributed by atoms with van der Waals surface area (Å²) >= 11 is 0. The van der Waals surface area contributed by atoms with E-state index in [1.54, 1.807) is 18.2 Å². The van der Waals surface area contributed by atoms with Crippen molar-refractivity contribution in [1.29, 1.82) is 0 Å². The van der Waals surface area contributed by atoms with Crippen LogP contribution in [0, 0.1) is 5.92 Å². The Kier molecular flexibility index (Phi) is 7.24. The summed E-state index contributed by atoms with van der Waals surface area (Å²) in [4.78, 5) is 26.5. The molecule has 0 spiro atoms. The van der Waals surface area contributed by atoms with Crippen molar-refractivity contribution in [2.24, 2.45) is 11.7 Å². The molecule has 2 aromatic rings. The van der Waals surface area contributed by atoms with E-state index in [4.69, 9.17) is 10.2 Å². The van der Waals surface area contributed by atoms with Crippen molar-refractivity contribution < 1.29 is 14.0 Å². The smallest absolute Gasteiger partial charge is 0.257 e. The molecule has 1 atom stereocenters. The van der Waals surface area contributed by atoms with Gasteiger partial charge in [-0.15, -0.1) is 12.4 Å². The van der Waals surface area contributed by atoms with Gasteiger partial charge in [-0.05, 0) is 37.0 Å². The zero-order chi connectivity index (χ0) is 17.6. The second-order valence-electron chi connectivity index (χ2n) is 6.34. The quantitative estimate of drug-likeness (QED) is 0.837. The maximum atomic E-state index is 12.6. The molecule has 0 aliphatic carbocycles. The molecule has 1 fully saturated rings. The number of furan rings is 1. The number of piperidine rings is 1. The highest BCUT2D eigenvalue weighted by Gasteiger charge is 2.25. The standard InChI is InChI=1S/C19H23N3O3.ClH/c20-10-17-9-16(13-25-17)19(24)22-8-4-5-14(12-22)11-21-18(23)15-6-2-1-3-7-15;/h1-3,6-7,9,13-14H,4-5,8,10-12,20H2,(H,21,23);1H. The van der Waals surface area contributed by atoms with Crippen molar-refractivity contribution in [3.05, 3.63) is 59.5 Å². The lowest BCUT2D eigenvalue weighted by Gasteiger charge is -2.32. The Morgan fingerprint density at radius 1 is 1.23 bits per heavy atom. The average molecular weight is 378 g/mol. The van der Waals surface area contributed by atoms with Crippen molar-refractivity contribution in [2.75, 3.05) is 19.6 Å². The van der Waals surface area contributed by atoms with Gasteiger partial charge in [-0.2, -0.15) is 0 Å². The van der Waals surface area contributed by atoms with Gasteiger partial charge in [-0.25, -0.2) is 0 Å². The number of carbonyl (C=O) groups is 2. The van der Waals surface area contributed by atoms with Crippen LogP contribution in [0.5, 0.6) is 0 Å². The molecule has 2 heterocycles. The number of nitrogens with zero attached hydrogens (tertiary/aromatic N) is 1. The minimum atomic E-state index is -0.0773. The van der Waals surface area contributed by atoms with E-state index in [-0.39, 0.29) is 36.7 Å². The highest BCUT2D eigenvalue weighted by Crippen LogP contribution is 2.19. The molecule has 7 heteroatoms. The van der Waals surface area contributed by atoms with Crippen molar-refractivity contribution >= 4 is 24.2 Å². The molecule has 6 nitrogen and oxygen atoms in total. The van der Waals surface area contributed by atoms with E-state index >= 15 is 0 Å². The van der Waals surface area contributed by atoms with E-state index in [0.717, 1.165) is 19.4 Å². The second-order valence-corrected chi connectivity index (χ2v) is 6.34. The molecular weight excluding hydrogens is 354 g/mol. The number of hydrogen-bond acceptors (Lipinski definition) is 4. The number of nitrogens with one attached hydrogen (secondary N) is 1. The van der Waals surface area contributed by atoms with Gasteiger partial charge in [0, 0.05) is 25.2 Å². The third kappa shape index (κ3) is 4.86. The number of nitrogens with two attached hydrogens (primary N) is 1. The SMILES string of the molecule is Cl.NCc1cc(C(=O)N2CCCC(CNC(=O)c3ccccc3)C2)co1. The third-order valence-corrected chi connectivity index (χ3v) is 4.50. The van der Waals surface area contributed by atoms with Gasteiger partial charge in [0.2, 0.25) is 0 Å². The van der Waals surface area contributed by atoms with Crippen LogP contribution in [0.25, 0.3) is 0 Å². The van der Waals surface area contributed by atoms with Crippen LogP contribution >= 0.6 is 12.4 Å². The highest BCUT2D eigenvalue weighted by atomic mass is 35.5.